The van der Waals surface area contributed by atoms with Crippen molar-refractivity contribution in [1.29, 1.82) is 0 Å². The van der Waals surface area contributed by atoms with Gasteiger partial charge in [-0.25, -0.2) is 0 Å². The van der Waals surface area contributed by atoms with E-state index in [9.17, 15) is 4.79 Å². The van der Waals surface area contributed by atoms with Crippen molar-refractivity contribution >= 4 is 5.91 Å². The van der Waals surface area contributed by atoms with Gasteiger partial charge in [0.1, 0.15) is 0 Å². The van der Waals surface area contributed by atoms with Gasteiger partial charge >= 0.3 is 0 Å². The molecule has 0 spiro atoms. The Morgan fingerprint density at radius 1 is 1.46 bits per heavy atom. The standard InChI is InChI=1S/C9H20N2O2/c1-7(2)4-8(6-12)11-5-9(13)10-3/h7-8,11-12H,4-6H2,1-3H3,(H,10,13). The van der Waals surface area contributed by atoms with Crippen molar-refractivity contribution in [2.24, 2.45) is 5.92 Å². The number of carbonyl (C=O) groups is 1. The van der Waals surface area contributed by atoms with E-state index in [1.807, 2.05) is 0 Å². The Morgan fingerprint density at radius 2 is 2.08 bits per heavy atom. The molecule has 0 fully saturated rings. The summed E-state index contributed by atoms with van der Waals surface area (Å²) in [5.74, 6) is 0.469. The van der Waals surface area contributed by atoms with Gasteiger partial charge in [0, 0.05) is 13.1 Å². The van der Waals surface area contributed by atoms with Gasteiger partial charge in [0.2, 0.25) is 5.91 Å². The SMILES string of the molecule is CNC(=O)CNC(CO)CC(C)C. The van der Waals surface area contributed by atoms with E-state index >= 15 is 0 Å². The average Bonchev–Trinajstić information content (AvgIpc) is 2.10. The molecule has 0 radical (unpaired) electrons. The van der Waals surface area contributed by atoms with Crippen molar-refractivity contribution in [2.75, 3.05) is 20.2 Å². The van der Waals surface area contributed by atoms with Crippen LogP contribution in [0, 0.1) is 5.92 Å². The van der Waals surface area contributed by atoms with Crippen molar-refractivity contribution in [3.8, 4) is 0 Å². The largest absolute Gasteiger partial charge is 0.395 e. The van der Waals surface area contributed by atoms with Gasteiger partial charge < -0.3 is 15.7 Å². The number of likely N-dealkylation sites (N-methyl/N-ethyl adjacent to an activating group) is 1. The molecule has 0 aromatic heterocycles. The molecule has 0 aliphatic heterocycles. The molecule has 4 heteroatoms. The predicted molar refractivity (Wildman–Crippen MR) is 52.4 cm³/mol. The van der Waals surface area contributed by atoms with Crippen LogP contribution in [0.5, 0.6) is 0 Å². The van der Waals surface area contributed by atoms with Gasteiger partial charge in [0.05, 0.1) is 13.2 Å². The number of aliphatic hydroxyl groups is 1. The Balaban J connectivity index is 3.65. The van der Waals surface area contributed by atoms with Crippen LogP contribution in [0.3, 0.4) is 0 Å². The minimum absolute atomic E-state index is 0.0253. The number of nitrogens with one attached hydrogen (secondary N) is 2. The van der Waals surface area contributed by atoms with Crippen molar-refractivity contribution < 1.29 is 9.90 Å². The molecule has 78 valence electrons. The Morgan fingerprint density at radius 3 is 2.46 bits per heavy atom. The van der Waals surface area contributed by atoms with Crippen molar-refractivity contribution in [3.05, 3.63) is 0 Å². The zero-order valence-electron chi connectivity index (χ0n) is 8.63. The molecule has 0 aliphatic carbocycles. The molecule has 13 heavy (non-hydrogen) atoms. The maximum absolute atomic E-state index is 10.9. The Bertz CT molecular complexity index is 149. The predicted octanol–water partition coefficient (Wildman–Crippen LogP) is -0.271. The summed E-state index contributed by atoms with van der Waals surface area (Å²) in [6.45, 7) is 4.53. The maximum Gasteiger partial charge on any atom is 0.233 e. The lowest BCUT2D eigenvalue weighted by Crippen LogP contribution is -2.40. The first-order valence-electron chi connectivity index (χ1n) is 4.65. The summed E-state index contributed by atoms with van der Waals surface area (Å²) in [6, 6.07) is 0.0253. The lowest BCUT2D eigenvalue weighted by Gasteiger charge is -2.17. The molecule has 0 bridgehead atoms. The first-order chi connectivity index (χ1) is 6.10. The van der Waals surface area contributed by atoms with Crippen LogP contribution in [0.2, 0.25) is 0 Å². The summed E-state index contributed by atoms with van der Waals surface area (Å²) in [4.78, 5) is 10.9. The molecule has 1 atom stereocenters. The van der Waals surface area contributed by atoms with Gasteiger partial charge in [-0.15, -0.1) is 0 Å². The first-order valence-corrected chi connectivity index (χ1v) is 4.65. The number of aliphatic hydroxyl groups excluding tert-OH is 1. The molecule has 1 amide bonds. The molecule has 0 heterocycles. The number of carbonyl (C=O) groups excluding carboxylic acids is 1. The second kappa shape index (κ2) is 6.86. The van der Waals surface area contributed by atoms with E-state index in [-0.39, 0.29) is 25.1 Å². The Labute approximate surface area is 79.7 Å². The number of amides is 1. The van der Waals surface area contributed by atoms with E-state index in [2.05, 4.69) is 24.5 Å². The Kier molecular flexibility index (Phi) is 6.54. The molecule has 0 aliphatic rings. The zero-order chi connectivity index (χ0) is 10.3. The summed E-state index contributed by atoms with van der Waals surface area (Å²) < 4.78 is 0. The van der Waals surface area contributed by atoms with Crippen LogP contribution >= 0.6 is 0 Å². The molecule has 4 nitrogen and oxygen atoms in total. The van der Waals surface area contributed by atoms with Gasteiger partial charge in [-0.2, -0.15) is 0 Å². The van der Waals surface area contributed by atoms with Crippen LogP contribution in [0.4, 0.5) is 0 Å². The van der Waals surface area contributed by atoms with E-state index < -0.39 is 0 Å². The average molecular weight is 188 g/mol. The van der Waals surface area contributed by atoms with Gasteiger partial charge in [-0.05, 0) is 12.3 Å². The third-order valence-corrected chi connectivity index (χ3v) is 1.81. The molecule has 0 saturated heterocycles. The second-order valence-electron chi connectivity index (χ2n) is 3.56. The summed E-state index contributed by atoms with van der Waals surface area (Å²) in [5, 5.41) is 14.5. The van der Waals surface area contributed by atoms with Crippen molar-refractivity contribution in [2.45, 2.75) is 26.3 Å². The monoisotopic (exact) mass is 188 g/mol. The van der Waals surface area contributed by atoms with Crippen LogP contribution in [0.25, 0.3) is 0 Å². The molecular formula is C9H20N2O2. The smallest absolute Gasteiger partial charge is 0.233 e. The van der Waals surface area contributed by atoms with Gasteiger partial charge in [0.25, 0.3) is 0 Å². The highest BCUT2D eigenvalue weighted by Crippen LogP contribution is 2.03. The molecule has 0 saturated carbocycles. The van der Waals surface area contributed by atoms with E-state index in [0.29, 0.717) is 5.92 Å². The first kappa shape index (κ1) is 12.4. The van der Waals surface area contributed by atoms with Gasteiger partial charge in [-0.1, -0.05) is 13.8 Å². The van der Waals surface area contributed by atoms with Crippen LogP contribution in [0.1, 0.15) is 20.3 Å². The van der Waals surface area contributed by atoms with Crippen LogP contribution in [0.15, 0.2) is 0 Å². The number of rotatable bonds is 6. The topological polar surface area (TPSA) is 61.4 Å². The summed E-state index contributed by atoms with van der Waals surface area (Å²) in [6.07, 6.45) is 0.882. The van der Waals surface area contributed by atoms with Gasteiger partial charge in [0.15, 0.2) is 0 Å². The lowest BCUT2D eigenvalue weighted by atomic mass is 10.0. The van der Waals surface area contributed by atoms with E-state index in [4.69, 9.17) is 5.11 Å². The maximum atomic E-state index is 10.9. The number of hydrogen-bond donors (Lipinski definition) is 3. The zero-order valence-corrected chi connectivity index (χ0v) is 8.63. The van der Waals surface area contributed by atoms with E-state index in [1.165, 1.54) is 0 Å². The van der Waals surface area contributed by atoms with E-state index in [1.54, 1.807) is 7.05 Å². The number of hydrogen-bond acceptors (Lipinski definition) is 3. The second-order valence-corrected chi connectivity index (χ2v) is 3.56. The van der Waals surface area contributed by atoms with Crippen molar-refractivity contribution in [3.63, 3.8) is 0 Å². The van der Waals surface area contributed by atoms with Crippen molar-refractivity contribution in [1.82, 2.24) is 10.6 Å². The Hall–Kier alpha value is -0.610. The highest BCUT2D eigenvalue weighted by Gasteiger charge is 2.09. The van der Waals surface area contributed by atoms with Crippen LogP contribution < -0.4 is 10.6 Å². The molecule has 0 aromatic carbocycles. The third kappa shape index (κ3) is 6.54. The normalized spacial score (nSPS) is 13.0. The fraction of sp³-hybridized carbons (Fsp3) is 0.889. The molecule has 1 unspecified atom stereocenters. The summed E-state index contributed by atoms with van der Waals surface area (Å²) >= 11 is 0. The third-order valence-electron chi connectivity index (χ3n) is 1.81. The molecular weight excluding hydrogens is 168 g/mol. The molecule has 0 aromatic rings. The summed E-state index contributed by atoms with van der Waals surface area (Å²) in [5.41, 5.74) is 0. The minimum Gasteiger partial charge on any atom is -0.395 e. The summed E-state index contributed by atoms with van der Waals surface area (Å²) in [7, 11) is 1.60. The molecule has 3 N–H and O–H groups in total. The minimum atomic E-state index is -0.0535. The quantitative estimate of drug-likeness (QED) is 0.537. The van der Waals surface area contributed by atoms with Crippen LogP contribution in [-0.2, 0) is 4.79 Å². The van der Waals surface area contributed by atoms with E-state index in [0.717, 1.165) is 6.42 Å². The highest BCUT2D eigenvalue weighted by atomic mass is 16.3. The fourth-order valence-electron chi connectivity index (χ4n) is 1.12. The van der Waals surface area contributed by atoms with Gasteiger partial charge in [-0.3, -0.25) is 4.79 Å². The molecule has 0 rings (SSSR count). The lowest BCUT2D eigenvalue weighted by molar-refractivity contribution is -0.119. The fourth-order valence-corrected chi connectivity index (χ4v) is 1.12. The highest BCUT2D eigenvalue weighted by molar-refractivity contribution is 5.77. The van der Waals surface area contributed by atoms with Crippen LogP contribution in [-0.4, -0.2) is 37.3 Å².